The third-order valence-electron chi connectivity index (χ3n) is 11.8. The zero-order chi connectivity index (χ0) is 37.5. The van der Waals surface area contributed by atoms with Gasteiger partial charge >= 0.3 is 0 Å². The van der Waals surface area contributed by atoms with Gasteiger partial charge in [0.2, 0.25) is 0 Å². The topological polar surface area (TPSA) is 67.6 Å². The molecular formula is C51H36N4O2. The Morgan fingerprint density at radius 3 is 1.93 bits per heavy atom. The average Bonchev–Trinajstić information content (AvgIpc) is 3.96. The number of fused-ring (bicyclic) bond motifs is 9. The Morgan fingerprint density at radius 1 is 0.561 bits per heavy atom. The van der Waals surface area contributed by atoms with E-state index in [1.54, 1.807) is 0 Å². The number of aromatic nitrogens is 1. The van der Waals surface area contributed by atoms with Crippen LogP contribution in [0.25, 0.3) is 71.9 Å². The molecule has 0 radical (unpaired) electrons. The number of hydrogen-bond acceptors (Lipinski definition) is 5. The fourth-order valence-corrected chi connectivity index (χ4v) is 9.21. The lowest BCUT2D eigenvalue weighted by atomic mass is 9.93. The summed E-state index contributed by atoms with van der Waals surface area (Å²) in [6.45, 7) is 0. The van der Waals surface area contributed by atoms with Crippen molar-refractivity contribution in [3.63, 3.8) is 0 Å². The van der Waals surface area contributed by atoms with Gasteiger partial charge in [0, 0.05) is 43.5 Å². The first-order valence-electron chi connectivity index (χ1n) is 19.6. The highest BCUT2D eigenvalue weighted by Gasteiger charge is 2.29. The van der Waals surface area contributed by atoms with Gasteiger partial charge in [0.25, 0.3) is 0 Å². The third kappa shape index (κ3) is 5.11. The highest BCUT2D eigenvalue weighted by Crippen LogP contribution is 2.44. The predicted octanol–water partition coefficient (Wildman–Crippen LogP) is 12.5. The molecule has 1 aliphatic carbocycles. The van der Waals surface area contributed by atoms with E-state index in [1.165, 1.54) is 27.4 Å². The number of allylic oxidation sites excluding steroid dienone is 1. The SMILES string of the molecule is C1=Cc2oc3ccc(-c4ccc5oc6c(C7=NC(c8ccccc8)NC(c8ccccc8)N7)cccc6c5c4)cc3c2C(n2c3ccccc3c3ccccc32)C1. The second-order valence-electron chi connectivity index (χ2n) is 15.1. The third-order valence-corrected chi connectivity index (χ3v) is 11.8. The van der Waals surface area contributed by atoms with Crippen molar-refractivity contribution in [2.24, 2.45) is 4.99 Å². The second kappa shape index (κ2) is 12.7. The molecule has 57 heavy (non-hydrogen) atoms. The summed E-state index contributed by atoms with van der Waals surface area (Å²) in [6.07, 6.45) is 4.92. The molecule has 2 N–H and O–H groups in total. The minimum atomic E-state index is -0.229. The zero-order valence-corrected chi connectivity index (χ0v) is 30.9. The van der Waals surface area contributed by atoms with E-state index in [0.29, 0.717) is 0 Å². The van der Waals surface area contributed by atoms with Crippen LogP contribution in [0.2, 0.25) is 0 Å². The van der Waals surface area contributed by atoms with Crippen LogP contribution < -0.4 is 10.6 Å². The van der Waals surface area contributed by atoms with Crippen molar-refractivity contribution in [1.82, 2.24) is 15.2 Å². The average molecular weight is 737 g/mol. The van der Waals surface area contributed by atoms with Gasteiger partial charge in [0.15, 0.2) is 0 Å². The smallest absolute Gasteiger partial charge is 0.146 e. The molecule has 12 rings (SSSR count). The summed E-state index contributed by atoms with van der Waals surface area (Å²) < 4.78 is 15.8. The molecule has 0 amide bonds. The van der Waals surface area contributed by atoms with Crippen molar-refractivity contribution < 1.29 is 8.83 Å². The fraction of sp³-hybridized carbons (Fsp3) is 0.0784. The molecule has 7 aromatic carbocycles. The lowest BCUT2D eigenvalue weighted by molar-refractivity contribution is 0.409. The van der Waals surface area contributed by atoms with Gasteiger partial charge < -0.3 is 18.7 Å². The number of amidine groups is 1. The quantitative estimate of drug-likeness (QED) is 0.185. The lowest BCUT2D eigenvalue weighted by Crippen LogP contribution is -2.45. The van der Waals surface area contributed by atoms with E-state index in [4.69, 9.17) is 13.8 Å². The lowest BCUT2D eigenvalue weighted by Gasteiger charge is -2.32. The summed E-state index contributed by atoms with van der Waals surface area (Å²) in [5.74, 6) is 1.73. The second-order valence-corrected chi connectivity index (χ2v) is 15.1. The van der Waals surface area contributed by atoms with Crippen molar-refractivity contribution in [1.29, 1.82) is 0 Å². The first kappa shape index (κ1) is 32.1. The molecule has 4 heterocycles. The van der Waals surface area contributed by atoms with Crippen LogP contribution in [-0.4, -0.2) is 10.4 Å². The maximum Gasteiger partial charge on any atom is 0.146 e. The van der Waals surface area contributed by atoms with Crippen molar-refractivity contribution in [2.45, 2.75) is 24.8 Å². The Balaban J connectivity index is 0.964. The summed E-state index contributed by atoms with van der Waals surface area (Å²) >= 11 is 0. The molecule has 0 saturated heterocycles. The molecule has 0 saturated carbocycles. The monoisotopic (exact) mass is 736 g/mol. The molecule has 0 fully saturated rings. The fourth-order valence-electron chi connectivity index (χ4n) is 9.21. The molecule has 0 spiro atoms. The maximum absolute atomic E-state index is 6.70. The number of nitrogens with one attached hydrogen (secondary N) is 2. The van der Waals surface area contributed by atoms with E-state index >= 15 is 0 Å². The highest BCUT2D eigenvalue weighted by atomic mass is 16.3. The van der Waals surface area contributed by atoms with Gasteiger partial charge in [0.05, 0.1) is 11.6 Å². The van der Waals surface area contributed by atoms with E-state index in [9.17, 15) is 0 Å². The molecular weight excluding hydrogens is 701 g/mol. The van der Waals surface area contributed by atoms with Crippen LogP contribution in [0.15, 0.2) is 184 Å². The first-order valence-corrected chi connectivity index (χ1v) is 19.6. The van der Waals surface area contributed by atoms with Crippen LogP contribution in [0, 0.1) is 0 Å². The van der Waals surface area contributed by atoms with Crippen molar-refractivity contribution >= 4 is 66.6 Å². The van der Waals surface area contributed by atoms with Crippen LogP contribution in [0.1, 0.15) is 52.8 Å². The van der Waals surface area contributed by atoms with Gasteiger partial charge in [-0.2, -0.15) is 0 Å². The van der Waals surface area contributed by atoms with Gasteiger partial charge in [0.1, 0.15) is 40.7 Å². The van der Waals surface area contributed by atoms with Gasteiger partial charge in [-0.05, 0) is 77.2 Å². The predicted molar refractivity (Wildman–Crippen MR) is 231 cm³/mol. The number of rotatable bonds is 5. The molecule has 3 unspecified atom stereocenters. The van der Waals surface area contributed by atoms with E-state index in [0.717, 1.165) is 78.7 Å². The van der Waals surface area contributed by atoms with Gasteiger partial charge in [-0.25, -0.2) is 4.99 Å². The molecule has 6 nitrogen and oxygen atoms in total. The molecule has 6 heteroatoms. The summed E-state index contributed by atoms with van der Waals surface area (Å²) in [4.78, 5) is 5.22. The Labute approximate surface area is 328 Å². The minimum absolute atomic E-state index is 0.0968. The van der Waals surface area contributed by atoms with Gasteiger partial charge in [-0.3, -0.25) is 5.32 Å². The van der Waals surface area contributed by atoms with Gasteiger partial charge in [-0.15, -0.1) is 0 Å². The number of furan rings is 2. The summed E-state index contributed by atoms with van der Waals surface area (Å²) in [7, 11) is 0. The standard InChI is InChI=1S/C51H36N4O2/c1-3-13-31(14-4-1)49-52-50(32-15-5-2-6-16-32)54-51(53-49)38-20-11-19-37-39-29-33(25-27-44(39)57-48(37)38)34-26-28-45-40(30-34)47-43(23-12-24-46(47)56-45)55-41-21-9-7-17-35(41)36-18-8-10-22-42(36)55/h1-22,24-30,43,49-50,52H,23H2,(H,53,54). The minimum Gasteiger partial charge on any atom is -0.456 e. The van der Waals surface area contributed by atoms with Crippen molar-refractivity contribution in [3.8, 4) is 11.1 Å². The van der Waals surface area contributed by atoms with Crippen LogP contribution in [-0.2, 0) is 0 Å². The number of hydrogen-bond donors (Lipinski definition) is 2. The largest absolute Gasteiger partial charge is 0.456 e. The molecule has 3 atom stereocenters. The Bertz CT molecular complexity index is 3190. The number of benzene rings is 7. The summed E-state index contributed by atoms with van der Waals surface area (Å²) in [5.41, 5.74) is 11.7. The van der Waals surface area contributed by atoms with E-state index in [2.05, 4.69) is 179 Å². The van der Waals surface area contributed by atoms with Crippen LogP contribution in [0.5, 0.6) is 0 Å². The Hall–Kier alpha value is -7.15. The van der Waals surface area contributed by atoms with E-state index < -0.39 is 0 Å². The maximum atomic E-state index is 6.70. The molecule has 0 bridgehead atoms. The van der Waals surface area contributed by atoms with Crippen LogP contribution in [0.4, 0.5) is 0 Å². The zero-order valence-electron chi connectivity index (χ0n) is 30.9. The first-order chi connectivity index (χ1) is 28.2. The van der Waals surface area contributed by atoms with Crippen LogP contribution in [0.3, 0.4) is 0 Å². The van der Waals surface area contributed by atoms with Gasteiger partial charge in [-0.1, -0.05) is 127 Å². The normalized spacial score (nSPS) is 18.0. The van der Waals surface area contributed by atoms with Crippen LogP contribution >= 0.6 is 0 Å². The van der Waals surface area contributed by atoms with Crippen molar-refractivity contribution in [2.75, 3.05) is 0 Å². The molecule has 3 aromatic heterocycles. The van der Waals surface area contributed by atoms with E-state index in [-0.39, 0.29) is 18.4 Å². The molecule has 2 aliphatic rings. The number of nitrogens with zero attached hydrogens (tertiary/aromatic N) is 2. The highest BCUT2D eigenvalue weighted by molar-refractivity contribution is 6.15. The Morgan fingerprint density at radius 2 is 1.19 bits per heavy atom. The van der Waals surface area contributed by atoms with E-state index in [1.807, 2.05) is 12.1 Å². The molecule has 272 valence electrons. The number of aliphatic imine (C=N–C) groups is 1. The number of para-hydroxylation sites is 3. The summed E-state index contributed by atoms with van der Waals surface area (Å²) in [6, 6.07) is 57.9. The van der Waals surface area contributed by atoms with Crippen molar-refractivity contribution in [3.05, 3.63) is 198 Å². The molecule has 10 aromatic rings. The summed E-state index contributed by atoms with van der Waals surface area (Å²) in [5, 5.41) is 13.2. The Kier molecular flexibility index (Phi) is 7.16. The molecule has 1 aliphatic heterocycles.